The van der Waals surface area contributed by atoms with Crippen LogP contribution in [0, 0.1) is 6.92 Å². The van der Waals surface area contributed by atoms with Gasteiger partial charge in [0.25, 0.3) is 11.8 Å². The van der Waals surface area contributed by atoms with Crippen molar-refractivity contribution in [2.24, 2.45) is 5.73 Å². The number of rotatable bonds is 4. The molecule has 0 spiro atoms. The number of fused-ring (bicyclic) bond motifs is 2. The van der Waals surface area contributed by atoms with Gasteiger partial charge < -0.3 is 11.1 Å². The standard InChI is InChI=1S/C28H25Cl2N3O2S/c1-15-23(18-8-6-7-10-21(18)32-25(15)17-13-12-16(29)14-20(17)30)27(35)33-28-24(26(31)34)19-9-4-2-3-5-11-22(19)36-28/h6-8,10,12-14H,2-5,9,11H2,1H3,(H2,31,34)(H,33,35). The van der Waals surface area contributed by atoms with Gasteiger partial charge in [-0.1, -0.05) is 54.2 Å². The number of nitrogens with zero attached hydrogens (tertiary/aromatic N) is 1. The van der Waals surface area contributed by atoms with Crippen LogP contribution >= 0.6 is 34.5 Å². The minimum Gasteiger partial charge on any atom is -0.365 e. The van der Waals surface area contributed by atoms with E-state index in [4.69, 9.17) is 33.9 Å². The predicted octanol–water partition coefficient (Wildman–Crippen LogP) is 7.59. The third-order valence-corrected chi connectivity index (χ3v) is 8.45. The second kappa shape index (κ2) is 10.2. The lowest BCUT2D eigenvalue weighted by Crippen LogP contribution is -2.19. The van der Waals surface area contributed by atoms with Gasteiger partial charge in [0.1, 0.15) is 5.00 Å². The number of para-hydroxylation sites is 1. The number of hydrogen-bond donors (Lipinski definition) is 2. The molecule has 2 aromatic carbocycles. The first-order valence-corrected chi connectivity index (χ1v) is 13.5. The monoisotopic (exact) mass is 537 g/mol. The topological polar surface area (TPSA) is 85.1 Å². The summed E-state index contributed by atoms with van der Waals surface area (Å²) < 4.78 is 0. The highest BCUT2D eigenvalue weighted by molar-refractivity contribution is 7.17. The first kappa shape index (κ1) is 24.8. The normalized spacial score (nSPS) is 13.6. The third-order valence-electron chi connectivity index (χ3n) is 6.69. The SMILES string of the molecule is Cc1c(-c2ccc(Cl)cc2Cl)nc2ccccc2c1C(=O)Nc1sc2c(c1C(N)=O)CCCCCC2. The lowest BCUT2D eigenvalue weighted by atomic mass is 9.96. The Hall–Kier alpha value is -2.93. The smallest absolute Gasteiger partial charge is 0.257 e. The van der Waals surface area contributed by atoms with Gasteiger partial charge in [0, 0.05) is 20.8 Å². The summed E-state index contributed by atoms with van der Waals surface area (Å²) in [5, 5.41) is 5.25. The fraction of sp³-hybridized carbons (Fsp3) is 0.250. The number of nitrogens with two attached hydrogens (primary N) is 1. The van der Waals surface area contributed by atoms with E-state index in [1.54, 1.807) is 18.2 Å². The molecule has 4 aromatic rings. The van der Waals surface area contributed by atoms with Crippen molar-refractivity contribution in [3.8, 4) is 11.3 Å². The van der Waals surface area contributed by atoms with E-state index >= 15 is 0 Å². The van der Waals surface area contributed by atoms with Crippen molar-refractivity contribution in [1.29, 1.82) is 0 Å². The molecular weight excluding hydrogens is 513 g/mol. The Morgan fingerprint density at radius 2 is 1.75 bits per heavy atom. The average Bonchev–Trinajstić information content (AvgIpc) is 3.14. The highest BCUT2D eigenvalue weighted by atomic mass is 35.5. The van der Waals surface area contributed by atoms with Crippen LogP contribution in [0.2, 0.25) is 10.0 Å². The quantitative estimate of drug-likeness (QED) is 0.281. The molecule has 0 saturated heterocycles. The van der Waals surface area contributed by atoms with Crippen LogP contribution < -0.4 is 11.1 Å². The Kier molecular flexibility index (Phi) is 7.02. The zero-order chi connectivity index (χ0) is 25.4. The molecule has 2 aromatic heterocycles. The van der Waals surface area contributed by atoms with Gasteiger partial charge in [0.2, 0.25) is 0 Å². The van der Waals surface area contributed by atoms with E-state index in [-0.39, 0.29) is 5.91 Å². The molecule has 0 aliphatic heterocycles. The third kappa shape index (κ3) is 4.61. The van der Waals surface area contributed by atoms with E-state index in [2.05, 4.69) is 5.32 Å². The fourth-order valence-corrected chi connectivity index (χ4v) is 6.77. The Bertz CT molecular complexity index is 1510. The Labute approximate surface area is 223 Å². The molecule has 184 valence electrons. The minimum absolute atomic E-state index is 0.311. The highest BCUT2D eigenvalue weighted by Gasteiger charge is 2.26. The second-order valence-electron chi connectivity index (χ2n) is 9.04. The number of primary amides is 1. The molecule has 0 bridgehead atoms. The number of pyridine rings is 1. The van der Waals surface area contributed by atoms with Gasteiger partial charge in [0.05, 0.1) is 27.4 Å². The molecule has 3 N–H and O–H groups in total. The number of aromatic nitrogens is 1. The molecule has 0 fully saturated rings. The molecule has 0 unspecified atom stereocenters. The summed E-state index contributed by atoms with van der Waals surface area (Å²) in [5.41, 5.74) is 10.4. The molecule has 5 rings (SSSR count). The van der Waals surface area contributed by atoms with Crippen LogP contribution in [-0.4, -0.2) is 16.8 Å². The number of anilines is 1. The van der Waals surface area contributed by atoms with Crippen molar-refractivity contribution >= 4 is 62.3 Å². The maximum atomic E-state index is 13.9. The van der Waals surface area contributed by atoms with Crippen LogP contribution in [0.4, 0.5) is 5.00 Å². The molecule has 0 radical (unpaired) electrons. The zero-order valence-corrected chi connectivity index (χ0v) is 22.1. The molecule has 0 atom stereocenters. The van der Waals surface area contributed by atoms with Crippen LogP contribution in [0.15, 0.2) is 42.5 Å². The number of benzene rings is 2. The number of carbonyl (C=O) groups is 2. The summed E-state index contributed by atoms with van der Waals surface area (Å²) in [5.74, 6) is -0.817. The molecule has 1 aliphatic carbocycles. The summed E-state index contributed by atoms with van der Waals surface area (Å²) in [7, 11) is 0. The Balaban J connectivity index is 1.64. The van der Waals surface area contributed by atoms with Gasteiger partial charge in [-0.05, 0) is 68.0 Å². The van der Waals surface area contributed by atoms with Gasteiger partial charge in [-0.25, -0.2) is 4.98 Å². The highest BCUT2D eigenvalue weighted by Crippen LogP contribution is 2.39. The van der Waals surface area contributed by atoms with E-state index in [0.717, 1.165) is 47.9 Å². The molecule has 5 nitrogen and oxygen atoms in total. The molecule has 0 saturated carbocycles. The largest absolute Gasteiger partial charge is 0.365 e. The summed E-state index contributed by atoms with van der Waals surface area (Å²) >= 11 is 14.1. The van der Waals surface area contributed by atoms with Gasteiger partial charge in [-0.2, -0.15) is 0 Å². The van der Waals surface area contributed by atoms with Crippen molar-refractivity contribution in [3.63, 3.8) is 0 Å². The summed E-state index contributed by atoms with van der Waals surface area (Å²) in [4.78, 5) is 32.3. The van der Waals surface area contributed by atoms with Crippen molar-refractivity contribution in [3.05, 3.63) is 79.6 Å². The van der Waals surface area contributed by atoms with E-state index in [0.29, 0.717) is 48.5 Å². The van der Waals surface area contributed by atoms with Crippen LogP contribution in [0.1, 0.15) is 62.4 Å². The van der Waals surface area contributed by atoms with Crippen molar-refractivity contribution in [2.45, 2.75) is 45.4 Å². The summed E-state index contributed by atoms with van der Waals surface area (Å²) in [6.07, 6.45) is 6.08. The number of halogens is 2. The molecule has 2 amide bonds. The average molecular weight is 539 g/mol. The maximum Gasteiger partial charge on any atom is 0.257 e. The van der Waals surface area contributed by atoms with Gasteiger partial charge in [-0.15, -0.1) is 11.3 Å². The van der Waals surface area contributed by atoms with E-state index in [1.807, 2.05) is 31.2 Å². The first-order chi connectivity index (χ1) is 17.3. The second-order valence-corrected chi connectivity index (χ2v) is 11.0. The molecule has 2 heterocycles. The number of carbonyl (C=O) groups excluding carboxylic acids is 2. The molecule has 1 aliphatic rings. The van der Waals surface area contributed by atoms with Gasteiger partial charge in [0.15, 0.2) is 0 Å². The van der Waals surface area contributed by atoms with Crippen molar-refractivity contribution in [2.75, 3.05) is 5.32 Å². The number of nitrogens with one attached hydrogen (secondary N) is 1. The predicted molar refractivity (Wildman–Crippen MR) is 149 cm³/mol. The molecular formula is C28H25Cl2N3O2S. The van der Waals surface area contributed by atoms with E-state index < -0.39 is 5.91 Å². The van der Waals surface area contributed by atoms with Crippen LogP contribution in [-0.2, 0) is 12.8 Å². The lowest BCUT2D eigenvalue weighted by molar-refractivity contribution is 0.100. The van der Waals surface area contributed by atoms with E-state index in [1.165, 1.54) is 17.8 Å². The Morgan fingerprint density at radius 3 is 2.50 bits per heavy atom. The first-order valence-electron chi connectivity index (χ1n) is 12.0. The fourth-order valence-electron chi connectivity index (χ4n) is 4.98. The number of thiophene rings is 1. The number of amides is 2. The van der Waals surface area contributed by atoms with Crippen LogP contribution in [0.3, 0.4) is 0 Å². The van der Waals surface area contributed by atoms with Gasteiger partial charge >= 0.3 is 0 Å². The Morgan fingerprint density at radius 1 is 1.00 bits per heavy atom. The van der Waals surface area contributed by atoms with E-state index in [9.17, 15) is 9.59 Å². The molecule has 8 heteroatoms. The maximum absolute atomic E-state index is 13.9. The van der Waals surface area contributed by atoms with Crippen LogP contribution in [0.25, 0.3) is 22.2 Å². The van der Waals surface area contributed by atoms with Crippen LogP contribution in [0.5, 0.6) is 0 Å². The van der Waals surface area contributed by atoms with Crippen molar-refractivity contribution in [1.82, 2.24) is 4.98 Å². The number of aryl methyl sites for hydroxylation is 1. The zero-order valence-electron chi connectivity index (χ0n) is 19.8. The minimum atomic E-state index is -0.506. The van der Waals surface area contributed by atoms with Crippen molar-refractivity contribution < 1.29 is 9.59 Å². The lowest BCUT2D eigenvalue weighted by Gasteiger charge is -2.15. The molecule has 36 heavy (non-hydrogen) atoms. The van der Waals surface area contributed by atoms with Gasteiger partial charge in [-0.3, -0.25) is 9.59 Å². The summed E-state index contributed by atoms with van der Waals surface area (Å²) in [6.45, 7) is 1.86. The summed E-state index contributed by atoms with van der Waals surface area (Å²) in [6, 6.07) is 12.7. The number of hydrogen-bond acceptors (Lipinski definition) is 4.